The van der Waals surface area contributed by atoms with E-state index in [1.54, 1.807) is 0 Å². The van der Waals surface area contributed by atoms with E-state index < -0.39 is 0 Å². The minimum absolute atomic E-state index is 0.606. The summed E-state index contributed by atoms with van der Waals surface area (Å²) in [6.45, 7) is 9.60. The molecular formula is C14H28N2. The van der Waals surface area contributed by atoms with Gasteiger partial charge in [0.1, 0.15) is 0 Å². The maximum absolute atomic E-state index is 3.77. The van der Waals surface area contributed by atoms with Crippen molar-refractivity contribution in [1.29, 1.82) is 0 Å². The first-order valence-corrected chi connectivity index (χ1v) is 7.24. The van der Waals surface area contributed by atoms with Gasteiger partial charge in [-0.05, 0) is 44.2 Å². The zero-order valence-electron chi connectivity index (χ0n) is 11.1. The van der Waals surface area contributed by atoms with Gasteiger partial charge >= 0.3 is 0 Å². The first-order chi connectivity index (χ1) is 7.78. The van der Waals surface area contributed by atoms with E-state index in [2.05, 4.69) is 24.1 Å². The zero-order chi connectivity index (χ0) is 11.4. The van der Waals surface area contributed by atoms with Gasteiger partial charge in [0, 0.05) is 19.1 Å². The van der Waals surface area contributed by atoms with Gasteiger partial charge in [-0.3, -0.25) is 0 Å². The van der Waals surface area contributed by atoms with Gasteiger partial charge in [-0.1, -0.05) is 26.7 Å². The Hall–Kier alpha value is -0.0800. The second kappa shape index (κ2) is 5.50. The molecule has 2 aliphatic rings. The number of nitrogens with zero attached hydrogens (tertiary/aromatic N) is 1. The number of nitrogens with one attached hydrogen (secondary N) is 1. The number of rotatable bonds is 7. The highest BCUT2D eigenvalue weighted by Crippen LogP contribution is 2.39. The third kappa shape index (κ3) is 3.21. The first-order valence-electron chi connectivity index (χ1n) is 7.24. The summed E-state index contributed by atoms with van der Waals surface area (Å²) < 4.78 is 0. The molecule has 0 aromatic carbocycles. The maximum Gasteiger partial charge on any atom is 0.00684 e. The van der Waals surface area contributed by atoms with Crippen LogP contribution in [0.1, 0.15) is 52.4 Å². The second-order valence-electron chi connectivity index (χ2n) is 5.82. The van der Waals surface area contributed by atoms with Gasteiger partial charge < -0.3 is 10.2 Å². The highest BCUT2D eigenvalue weighted by atomic mass is 15.1. The monoisotopic (exact) mass is 224 g/mol. The summed E-state index contributed by atoms with van der Waals surface area (Å²) >= 11 is 0. The van der Waals surface area contributed by atoms with Crippen LogP contribution in [0, 0.1) is 5.41 Å². The van der Waals surface area contributed by atoms with Crippen LogP contribution in [0.3, 0.4) is 0 Å². The fraction of sp³-hybridized carbons (Fsp3) is 1.00. The largest absolute Gasteiger partial charge is 0.313 e. The molecule has 94 valence electrons. The summed E-state index contributed by atoms with van der Waals surface area (Å²) in [6, 6.07) is 0.870. The lowest BCUT2D eigenvalue weighted by atomic mass is 9.85. The van der Waals surface area contributed by atoms with Crippen molar-refractivity contribution in [2.24, 2.45) is 5.41 Å². The van der Waals surface area contributed by atoms with Gasteiger partial charge in [0.05, 0.1) is 0 Å². The van der Waals surface area contributed by atoms with Crippen molar-refractivity contribution in [1.82, 2.24) is 10.2 Å². The molecule has 2 heteroatoms. The minimum Gasteiger partial charge on any atom is -0.313 e. The standard InChI is InChI=1S/C14H28N2/c1-3-16(4-2)12-14(9-5-6-10-14)11-15-13-7-8-13/h13,15H,3-12H2,1-2H3. The molecule has 1 N–H and O–H groups in total. The van der Waals surface area contributed by atoms with E-state index in [0.29, 0.717) is 5.41 Å². The van der Waals surface area contributed by atoms with E-state index in [4.69, 9.17) is 0 Å². The SMILES string of the molecule is CCN(CC)CC1(CNC2CC2)CCCC1. The van der Waals surface area contributed by atoms with E-state index in [0.717, 1.165) is 6.04 Å². The van der Waals surface area contributed by atoms with Crippen molar-refractivity contribution in [3.05, 3.63) is 0 Å². The van der Waals surface area contributed by atoms with Crippen LogP contribution in [0.4, 0.5) is 0 Å². The molecule has 2 aliphatic carbocycles. The predicted molar refractivity (Wildman–Crippen MR) is 69.7 cm³/mol. The molecule has 0 unspecified atom stereocenters. The highest BCUT2D eigenvalue weighted by Gasteiger charge is 2.36. The maximum atomic E-state index is 3.77. The van der Waals surface area contributed by atoms with Crippen LogP contribution in [0.25, 0.3) is 0 Å². The summed E-state index contributed by atoms with van der Waals surface area (Å²) in [6.07, 6.45) is 8.64. The molecule has 2 saturated carbocycles. The summed E-state index contributed by atoms with van der Waals surface area (Å²) in [5, 5.41) is 3.77. The minimum atomic E-state index is 0.606. The fourth-order valence-electron chi connectivity index (χ4n) is 3.09. The summed E-state index contributed by atoms with van der Waals surface area (Å²) in [5.41, 5.74) is 0.606. The molecule has 0 spiro atoms. The van der Waals surface area contributed by atoms with Crippen LogP contribution >= 0.6 is 0 Å². The van der Waals surface area contributed by atoms with Crippen molar-refractivity contribution < 1.29 is 0 Å². The van der Waals surface area contributed by atoms with Gasteiger partial charge in [0.15, 0.2) is 0 Å². The van der Waals surface area contributed by atoms with Gasteiger partial charge in [-0.15, -0.1) is 0 Å². The molecule has 0 saturated heterocycles. The summed E-state index contributed by atoms with van der Waals surface area (Å²) in [7, 11) is 0. The number of hydrogen-bond acceptors (Lipinski definition) is 2. The normalized spacial score (nSPS) is 24.2. The second-order valence-corrected chi connectivity index (χ2v) is 5.82. The molecule has 2 nitrogen and oxygen atoms in total. The Kier molecular flexibility index (Phi) is 4.26. The molecule has 0 aromatic heterocycles. The molecule has 0 aromatic rings. The summed E-state index contributed by atoms with van der Waals surface area (Å²) in [4.78, 5) is 2.61. The molecule has 0 aliphatic heterocycles. The molecular weight excluding hydrogens is 196 g/mol. The van der Waals surface area contributed by atoms with Crippen LogP contribution in [-0.4, -0.2) is 37.1 Å². The van der Waals surface area contributed by atoms with Gasteiger partial charge in [0.2, 0.25) is 0 Å². The predicted octanol–water partition coefficient (Wildman–Crippen LogP) is 2.64. The van der Waals surface area contributed by atoms with Crippen LogP contribution < -0.4 is 5.32 Å². The van der Waals surface area contributed by atoms with Gasteiger partial charge in [0.25, 0.3) is 0 Å². The first kappa shape index (κ1) is 12.4. The Labute approximate surface area is 101 Å². The topological polar surface area (TPSA) is 15.3 Å². The Bertz CT molecular complexity index is 201. The Morgan fingerprint density at radius 3 is 2.25 bits per heavy atom. The van der Waals surface area contributed by atoms with Crippen LogP contribution in [-0.2, 0) is 0 Å². The molecule has 2 rings (SSSR count). The third-order valence-corrected chi connectivity index (χ3v) is 4.46. The lowest BCUT2D eigenvalue weighted by molar-refractivity contribution is 0.158. The number of hydrogen-bond donors (Lipinski definition) is 1. The third-order valence-electron chi connectivity index (χ3n) is 4.46. The average molecular weight is 224 g/mol. The molecule has 2 fully saturated rings. The fourth-order valence-corrected chi connectivity index (χ4v) is 3.09. The van der Waals surface area contributed by atoms with Crippen molar-refractivity contribution in [3.8, 4) is 0 Å². The molecule has 0 bridgehead atoms. The van der Waals surface area contributed by atoms with E-state index in [1.807, 2.05) is 0 Å². The van der Waals surface area contributed by atoms with Crippen LogP contribution in [0.5, 0.6) is 0 Å². The lowest BCUT2D eigenvalue weighted by Gasteiger charge is -2.35. The van der Waals surface area contributed by atoms with Crippen molar-refractivity contribution in [3.63, 3.8) is 0 Å². The van der Waals surface area contributed by atoms with E-state index in [1.165, 1.54) is 64.7 Å². The van der Waals surface area contributed by atoms with Crippen molar-refractivity contribution in [2.75, 3.05) is 26.2 Å². The van der Waals surface area contributed by atoms with Gasteiger partial charge in [-0.25, -0.2) is 0 Å². The average Bonchev–Trinajstić information content (AvgIpc) is 3.04. The van der Waals surface area contributed by atoms with Crippen LogP contribution in [0.15, 0.2) is 0 Å². The lowest BCUT2D eigenvalue weighted by Crippen LogP contribution is -2.43. The Morgan fingerprint density at radius 2 is 1.75 bits per heavy atom. The Morgan fingerprint density at radius 1 is 1.12 bits per heavy atom. The molecule has 0 atom stereocenters. The quantitative estimate of drug-likeness (QED) is 0.715. The zero-order valence-corrected chi connectivity index (χ0v) is 11.1. The Balaban J connectivity index is 1.85. The van der Waals surface area contributed by atoms with Crippen molar-refractivity contribution >= 4 is 0 Å². The van der Waals surface area contributed by atoms with E-state index in [-0.39, 0.29) is 0 Å². The van der Waals surface area contributed by atoms with Crippen LogP contribution in [0.2, 0.25) is 0 Å². The molecule has 0 radical (unpaired) electrons. The van der Waals surface area contributed by atoms with E-state index in [9.17, 15) is 0 Å². The molecule has 16 heavy (non-hydrogen) atoms. The van der Waals surface area contributed by atoms with E-state index >= 15 is 0 Å². The van der Waals surface area contributed by atoms with Gasteiger partial charge in [-0.2, -0.15) is 0 Å². The smallest absolute Gasteiger partial charge is 0.00684 e. The van der Waals surface area contributed by atoms with Crippen molar-refractivity contribution in [2.45, 2.75) is 58.4 Å². The molecule has 0 amide bonds. The highest BCUT2D eigenvalue weighted by molar-refractivity contribution is 4.92. The summed E-state index contributed by atoms with van der Waals surface area (Å²) in [5.74, 6) is 0. The molecule has 0 heterocycles.